The van der Waals surface area contributed by atoms with Crippen LogP contribution in [0.3, 0.4) is 0 Å². The molecule has 0 atom stereocenters. The molecule has 0 radical (unpaired) electrons. The number of thiophene rings is 1. The molecular weight excluding hydrogens is 439 g/mol. The number of nitrogen functional groups attached to an aromatic ring is 1. The Morgan fingerprint density at radius 3 is 2.39 bits per heavy atom. The molecule has 0 saturated heterocycles. The van der Waals surface area contributed by atoms with Crippen molar-refractivity contribution in [3.05, 3.63) is 106 Å². The predicted molar refractivity (Wildman–Crippen MR) is 129 cm³/mol. The Morgan fingerprint density at radius 1 is 1.00 bits per heavy atom. The third kappa shape index (κ3) is 5.81. The molecule has 0 spiro atoms. The average molecular weight is 461 g/mol. The second-order valence-electron chi connectivity index (χ2n) is 7.37. The molecule has 6 nitrogen and oxygen atoms in total. The minimum absolute atomic E-state index is 0.117. The quantitative estimate of drug-likeness (QED) is 0.411. The molecule has 0 unspecified atom stereocenters. The van der Waals surface area contributed by atoms with E-state index in [2.05, 4.69) is 10.3 Å². The van der Waals surface area contributed by atoms with Gasteiger partial charge < -0.3 is 16.0 Å². The lowest BCUT2D eigenvalue weighted by molar-refractivity contribution is -0.118. The molecule has 0 aliphatic rings. The first-order valence-corrected chi connectivity index (χ1v) is 11.1. The monoisotopic (exact) mass is 460 g/mol. The van der Waals surface area contributed by atoms with Crippen LogP contribution in [-0.2, 0) is 17.8 Å². The Balaban J connectivity index is 1.53. The number of pyridine rings is 1. The second-order valence-corrected chi connectivity index (χ2v) is 8.24. The number of aromatic nitrogens is 1. The lowest BCUT2D eigenvalue weighted by Gasteiger charge is -2.23. The molecule has 0 aliphatic heterocycles. The number of nitrogens with zero attached hydrogens (tertiary/aromatic N) is 2. The van der Waals surface area contributed by atoms with Crippen LogP contribution in [0.2, 0.25) is 0 Å². The predicted octanol–water partition coefficient (Wildman–Crippen LogP) is 4.89. The van der Waals surface area contributed by atoms with Crippen molar-refractivity contribution < 1.29 is 14.0 Å². The average Bonchev–Trinajstić information content (AvgIpc) is 3.25. The molecule has 2 aromatic heterocycles. The summed E-state index contributed by atoms with van der Waals surface area (Å²) in [5.74, 6) is -0.0138. The van der Waals surface area contributed by atoms with Crippen LogP contribution in [-0.4, -0.2) is 16.8 Å². The summed E-state index contributed by atoms with van der Waals surface area (Å²) in [7, 11) is 0. The molecule has 4 rings (SSSR count). The van der Waals surface area contributed by atoms with Crippen molar-refractivity contribution in [2.24, 2.45) is 0 Å². The topological polar surface area (TPSA) is 88.3 Å². The summed E-state index contributed by atoms with van der Waals surface area (Å²) < 4.78 is 13.5. The fourth-order valence-electron chi connectivity index (χ4n) is 3.26. The maximum Gasteiger partial charge on any atom is 0.255 e. The van der Waals surface area contributed by atoms with Crippen LogP contribution in [0, 0.1) is 5.13 Å². The molecule has 2 heterocycles. The molecule has 0 aliphatic carbocycles. The zero-order valence-corrected chi connectivity index (χ0v) is 18.4. The van der Waals surface area contributed by atoms with E-state index in [4.69, 9.17) is 5.73 Å². The first kappa shape index (κ1) is 22.2. The van der Waals surface area contributed by atoms with Crippen LogP contribution < -0.4 is 16.0 Å². The van der Waals surface area contributed by atoms with Crippen LogP contribution >= 0.6 is 11.3 Å². The number of hydrogen-bond donors (Lipinski definition) is 2. The third-order valence-corrected chi connectivity index (χ3v) is 5.70. The van der Waals surface area contributed by atoms with Gasteiger partial charge in [0, 0.05) is 23.1 Å². The zero-order chi connectivity index (χ0) is 23.2. The molecule has 0 fully saturated rings. The lowest BCUT2D eigenvalue weighted by atomic mass is 10.1. The number of benzene rings is 2. The normalized spacial score (nSPS) is 10.6. The number of rotatable bonds is 7. The number of nitrogens with two attached hydrogens (primary N) is 1. The van der Waals surface area contributed by atoms with Crippen molar-refractivity contribution in [2.45, 2.75) is 13.0 Å². The summed E-state index contributed by atoms with van der Waals surface area (Å²) in [6, 6.07) is 20.7. The van der Waals surface area contributed by atoms with Gasteiger partial charge in [-0.05, 0) is 65.0 Å². The summed E-state index contributed by atoms with van der Waals surface area (Å²) in [6.45, 7) is 0.220. The Morgan fingerprint density at radius 2 is 1.76 bits per heavy atom. The fourth-order valence-corrected chi connectivity index (χ4v) is 3.89. The Bertz CT molecular complexity index is 1240. The molecule has 3 N–H and O–H groups in total. The van der Waals surface area contributed by atoms with Gasteiger partial charge in [0.25, 0.3) is 5.91 Å². The first-order chi connectivity index (χ1) is 16.0. The van der Waals surface area contributed by atoms with Crippen molar-refractivity contribution in [3.63, 3.8) is 0 Å². The third-order valence-electron chi connectivity index (χ3n) is 4.94. The Labute approximate surface area is 194 Å². The summed E-state index contributed by atoms with van der Waals surface area (Å²) >= 11 is 0.990. The standard InChI is InChI=1S/C25H21FN4O2S/c26-22-12-18(16-33-22)15-30(24(31)13-17-6-11-23(27)28-14-17)21-9-7-20(8-10-21)29-25(32)19-4-2-1-3-5-19/h1-12,14,16H,13,15H2,(H2,27,28)(H,29,32). The van der Waals surface area contributed by atoms with Crippen LogP contribution in [0.5, 0.6) is 0 Å². The van der Waals surface area contributed by atoms with Crippen LogP contribution in [0.1, 0.15) is 21.5 Å². The van der Waals surface area contributed by atoms with E-state index >= 15 is 0 Å². The van der Waals surface area contributed by atoms with E-state index in [-0.39, 0.29) is 29.9 Å². The van der Waals surface area contributed by atoms with E-state index in [1.165, 1.54) is 6.07 Å². The summed E-state index contributed by atoms with van der Waals surface area (Å²) in [5.41, 5.74) is 8.83. The van der Waals surface area contributed by atoms with Gasteiger partial charge in [0.2, 0.25) is 5.91 Å². The van der Waals surface area contributed by atoms with Gasteiger partial charge in [-0.2, -0.15) is 4.39 Å². The summed E-state index contributed by atoms with van der Waals surface area (Å²) in [5, 5.41) is 4.22. The van der Waals surface area contributed by atoms with E-state index in [1.807, 2.05) is 6.07 Å². The molecular formula is C25H21FN4O2S. The Kier molecular flexibility index (Phi) is 6.75. The van der Waals surface area contributed by atoms with Crippen LogP contribution in [0.15, 0.2) is 84.4 Å². The van der Waals surface area contributed by atoms with E-state index < -0.39 is 0 Å². The SMILES string of the molecule is Nc1ccc(CC(=O)N(Cc2csc(F)c2)c2ccc(NC(=O)c3ccccc3)cc2)cn1. The molecule has 8 heteroatoms. The number of anilines is 3. The van der Waals surface area contributed by atoms with Gasteiger partial charge >= 0.3 is 0 Å². The summed E-state index contributed by atoms with van der Waals surface area (Å²) in [4.78, 5) is 31.2. The molecule has 0 saturated carbocycles. The van der Waals surface area contributed by atoms with E-state index in [0.29, 0.717) is 28.3 Å². The van der Waals surface area contributed by atoms with Gasteiger partial charge in [-0.3, -0.25) is 9.59 Å². The number of nitrogens with one attached hydrogen (secondary N) is 1. The minimum Gasteiger partial charge on any atom is -0.384 e. The summed E-state index contributed by atoms with van der Waals surface area (Å²) in [6.07, 6.45) is 1.68. The number of amides is 2. The molecule has 4 aromatic rings. The second kappa shape index (κ2) is 10.1. The van der Waals surface area contributed by atoms with Crippen LogP contribution in [0.4, 0.5) is 21.6 Å². The number of hydrogen-bond acceptors (Lipinski definition) is 5. The van der Waals surface area contributed by atoms with Crippen molar-refractivity contribution in [2.75, 3.05) is 16.0 Å². The number of halogens is 1. The highest BCUT2D eigenvalue weighted by molar-refractivity contribution is 7.08. The van der Waals surface area contributed by atoms with Gasteiger partial charge in [-0.25, -0.2) is 4.98 Å². The zero-order valence-electron chi connectivity index (χ0n) is 17.6. The number of carbonyl (C=O) groups excluding carboxylic acids is 2. The van der Waals surface area contributed by atoms with Crippen molar-refractivity contribution >= 4 is 40.3 Å². The van der Waals surface area contributed by atoms with Gasteiger partial charge in [-0.1, -0.05) is 24.3 Å². The lowest BCUT2D eigenvalue weighted by Crippen LogP contribution is -2.31. The first-order valence-electron chi connectivity index (χ1n) is 10.2. The van der Waals surface area contributed by atoms with E-state index in [0.717, 1.165) is 16.9 Å². The highest BCUT2D eigenvalue weighted by atomic mass is 32.1. The van der Waals surface area contributed by atoms with E-state index in [1.54, 1.807) is 77.1 Å². The van der Waals surface area contributed by atoms with Crippen molar-refractivity contribution in [3.8, 4) is 0 Å². The maximum absolute atomic E-state index is 13.5. The Hall–Kier alpha value is -4.04. The number of carbonyl (C=O) groups is 2. The minimum atomic E-state index is -0.306. The van der Waals surface area contributed by atoms with Crippen LogP contribution in [0.25, 0.3) is 0 Å². The largest absolute Gasteiger partial charge is 0.384 e. The smallest absolute Gasteiger partial charge is 0.255 e. The van der Waals surface area contributed by atoms with Crippen molar-refractivity contribution in [1.29, 1.82) is 0 Å². The molecule has 2 amide bonds. The molecule has 33 heavy (non-hydrogen) atoms. The molecule has 0 bridgehead atoms. The van der Waals surface area contributed by atoms with Gasteiger partial charge in [0.15, 0.2) is 5.13 Å². The van der Waals surface area contributed by atoms with Gasteiger partial charge in [0.05, 0.1) is 13.0 Å². The van der Waals surface area contributed by atoms with Gasteiger partial charge in [-0.15, -0.1) is 11.3 Å². The van der Waals surface area contributed by atoms with E-state index in [9.17, 15) is 14.0 Å². The highest BCUT2D eigenvalue weighted by Crippen LogP contribution is 2.24. The van der Waals surface area contributed by atoms with Gasteiger partial charge in [0.1, 0.15) is 5.82 Å². The van der Waals surface area contributed by atoms with Crippen molar-refractivity contribution in [1.82, 2.24) is 4.98 Å². The molecule has 2 aromatic carbocycles. The highest BCUT2D eigenvalue weighted by Gasteiger charge is 2.18. The fraction of sp³-hybridized carbons (Fsp3) is 0.0800. The molecule has 166 valence electrons. The maximum atomic E-state index is 13.5.